The number of carbonyl (C=O) groups is 1. The first-order valence-electron chi connectivity index (χ1n) is 5.25. The molecule has 1 aromatic carbocycles. The van der Waals surface area contributed by atoms with E-state index in [0.29, 0.717) is 11.4 Å². The van der Waals surface area contributed by atoms with Crippen molar-refractivity contribution in [3.8, 4) is 5.75 Å². The van der Waals surface area contributed by atoms with E-state index in [4.69, 9.17) is 4.74 Å². The summed E-state index contributed by atoms with van der Waals surface area (Å²) >= 11 is 0. The highest BCUT2D eigenvalue weighted by Crippen LogP contribution is 2.16. The number of rotatable bonds is 4. The van der Waals surface area contributed by atoms with Crippen LogP contribution in [0.3, 0.4) is 0 Å². The van der Waals surface area contributed by atoms with Crippen LogP contribution in [0, 0.1) is 10.1 Å². The highest BCUT2D eigenvalue weighted by Gasteiger charge is 2.16. The van der Waals surface area contributed by atoms with E-state index in [1.807, 2.05) is 0 Å². The number of nitrogens with zero attached hydrogens (tertiary/aromatic N) is 2. The summed E-state index contributed by atoms with van der Waals surface area (Å²) in [7, 11) is 1.54. The lowest BCUT2D eigenvalue weighted by Crippen LogP contribution is -2.12. The Kier molecular flexibility index (Phi) is 3.42. The van der Waals surface area contributed by atoms with Crippen molar-refractivity contribution in [2.75, 3.05) is 12.4 Å². The van der Waals surface area contributed by atoms with Gasteiger partial charge in [0.25, 0.3) is 5.91 Å². The molecule has 8 nitrogen and oxygen atoms in total. The van der Waals surface area contributed by atoms with Gasteiger partial charge in [0, 0.05) is 5.69 Å². The second-order valence-electron chi connectivity index (χ2n) is 3.58. The number of methoxy groups -OCH3 is 1. The van der Waals surface area contributed by atoms with Crippen molar-refractivity contribution in [2.45, 2.75) is 0 Å². The number of nitrogens with one attached hydrogen (secondary N) is 2. The first-order chi connectivity index (χ1) is 9.10. The number of benzene rings is 1. The largest absolute Gasteiger partial charge is 0.497 e. The van der Waals surface area contributed by atoms with E-state index in [1.54, 1.807) is 24.3 Å². The maximum Gasteiger partial charge on any atom is 0.343 e. The van der Waals surface area contributed by atoms with Gasteiger partial charge in [-0.1, -0.05) is 5.10 Å². The summed E-state index contributed by atoms with van der Waals surface area (Å²) in [4.78, 5) is 21.6. The summed E-state index contributed by atoms with van der Waals surface area (Å²) in [5.74, 6) is -0.206. The van der Waals surface area contributed by atoms with Gasteiger partial charge in [-0.15, -0.1) is 5.10 Å². The number of hydrogen-bond acceptors (Lipinski definition) is 5. The predicted molar refractivity (Wildman–Crippen MR) is 66.2 cm³/mol. The third-order valence-electron chi connectivity index (χ3n) is 2.34. The first kappa shape index (κ1) is 12.6. The minimum atomic E-state index is -0.656. The molecule has 2 N–H and O–H groups in total. The molecule has 0 aliphatic rings. The number of ether oxygens (including phenoxy) is 1. The lowest BCUT2D eigenvalue weighted by molar-refractivity contribution is -0.389. The van der Waals surface area contributed by atoms with Crippen molar-refractivity contribution in [3.05, 3.63) is 46.1 Å². The predicted octanol–water partition coefficient (Wildman–Crippen LogP) is 1.58. The maximum atomic E-state index is 11.8. The average molecular weight is 262 g/mol. The molecule has 0 atom stereocenters. The Balaban J connectivity index is 2.08. The lowest BCUT2D eigenvalue weighted by Gasteiger charge is -2.03. The fourth-order valence-electron chi connectivity index (χ4n) is 1.39. The van der Waals surface area contributed by atoms with Crippen LogP contribution in [0.4, 0.5) is 11.5 Å². The van der Waals surface area contributed by atoms with E-state index < -0.39 is 10.8 Å². The van der Waals surface area contributed by atoms with E-state index in [-0.39, 0.29) is 11.5 Å². The van der Waals surface area contributed by atoms with Gasteiger partial charge >= 0.3 is 5.82 Å². The van der Waals surface area contributed by atoms with Crippen LogP contribution in [0.15, 0.2) is 30.3 Å². The molecule has 2 rings (SSSR count). The van der Waals surface area contributed by atoms with E-state index in [9.17, 15) is 14.9 Å². The molecule has 0 radical (unpaired) electrons. The second-order valence-corrected chi connectivity index (χ2v) is 3.58. The Morgan fingerprint density at radius 3 is 2.63 bits per heavy atom. The number of aromatic amines is 1. The third-order valence-corrected chi connectivity index (χ3v) is 2.34. The Morgan fingerprint density at radius 2 is 2.11 bits per heavy atom. The van der Waals surface area contributed by atoms with Gasteiger partial charge < -0.3 is 20.2 Å². The van der Waals surface area contributed by atoms with E-state index in [2.05, 4.69) is 15.5 Å². The monoisotopic (exact) mass is 262 g/mol. The van der Waals surface area contributed by atoms with Gasteiger partial charge in [-0.05, 0) is 29.2 Å². The van der Waals surface area contributed by atoms with Gasteiger partial charge in [-0.3, -0.25) is 4.79 Å². The smallest absolute Gasteiger partial charge is 0.343 e. The van der Waals surface area contributed by atoms with Crippen LogP contribution in [0.5, 0.6) is 5.75 Å². The van der Waals surface area contributed by atoms with Crippen molar-refractivity contribution in [1.29, 1.82) is 0 Å². The molecule has 19 heavy (non-hydrogen) atoms. The van der Waals surface area contributed by atoms with E-state index in [0.717, 1.165) is 6.07 Å². The van der Waals surface area contributed by atoms with Crippen molar-refractivity contribution in [2.24, 2.45) is 0 Å². The second kappa shape index (κ2) is 5.17. The van der Waals surface area contributed by atoms with Crippen molar-refractivity contribution in [1.82, 2.24) is 10.2 Å². The van der Waals surface area contributed by atoms with E-state index in [1.165, 1.54) is 7.11 Å². The normalized spacial score (nSPS) is 9.95. The number of nitro groups is 1. The average Bonchev–Trinajstić information content (AvgIpc) is 2.89. The molecule has 0 spiro atoms. The van der Waals surface area contributed by atoms with Gasteiger partial charge in [0.2, 0.25) is 0 Å². The topological polar surface area (TPSA) is 110 Å². The molecular formula is C11H10N4O4. The van der Waals surface area contributed by atoms with Crippen LogP contribution < -0.4 is 10.1 Å². The van der Waals surface area contributed by atoms with Gasteiger partial charge in [-0.2, -0.15) is 0 Å². The first-order valence-corrected chi connectivity index (χ1v) is 5.25. The standard InChI is InChI=1S/C11H10N4O4/c1-19-8-4-2-7(3-5-8)12-11(16)9-6-10(14-13-9)15(17)18/h2-6H,1H3,(H,12,16)(H,13,14). The number of carbonyl (C=O) groups excluding carboxylic acids is 1. The zero-order valence-electron chi connectivity index (χ0n) is 9.91. The summed E-state index contributed by atoms with van der Waals surface area (Å²) in [5.41, 5.74) is 0.485. The van der Waals surface area contributed by atoms with Crippen LogP contribution in [0.25, 0.3) is 0 Å². The van der Waals surface area contributed by atoms with Crippen LogP contribution in [-0.4, -0.2) is 28.1 Å². The van der Waals surface area contributed by atoms with Gasteiger partial charge in [-0.25, -0.2) is 0 Å². The van der Waals surface area contributed by atoms with Crippen LogP contribution in [0.2, 0.25) is 0 Å². The Morgan fingerprint density at radius 1 is 1.42 bits per heavy atom. The van der Waals surface area contributed by atoms with Gasteiger partial charge in [0.15, 0.2) is 5.69 Å². The SMILES string of the molecule is COc1ccc(NC(=O)c2cc([N+](=O)[O-])[nH]n2)cc1. The summed E-state index contributed by atoms with van der Waals surface area (Å²) in [6.45, 7) is 0. The molecule has 2 aromatic rings. The van der Waals surface area contributed by atoms with Crippen LogP contribution in [0.1, 0.15) is 10.5 Å². The highest BCUT2D eigenvalue weighted by molar-refractivity contribution is 6.03. The number of amides is 1. The molecule has 1 aromatic heterocycles. The highest BCUT2D eigenvalue weighted by atomic mass is 16.6. The fourth-order valence-corrected chi connectivity index (χ4v) is 1.39. The molecule has 0 unspecified atom stereocenters. The number of aromatic nitrogens is 2. The molecular weight excluding hydrogens is 252 g/mol. The molecule has 8 heteroatoms. The maximum absolute atomic E-state index is 11.8. The minimum Gasteiger partial charge on any atom is -0.497 e. The van der Waals surface area contributed by atoms with Crippen molar-refractivity contribution < 1.29 is 14.5 Å². The van der Waals surface area contributed by atoms with Gasteiger partial charge in [0.05, 0.1) is 13.2 Å². The van der Waals surface area contributed by atoms with Crippen LogP contribution >= 0.6 is 0 Å². The molecule has 0 aliphatic carbocycles. The van der Waals surface area contributed by atoms with Crippen LogP contribution in [-0.2, 0) is 0 Å². The summed E-state index contributed by atoms with van der Waals surface area (Å²) in [5, 5.41) is 18.7. The number of hydrogen-bond donors (Lipinski definition) is 2. The molecule has 0 fully saturated rings. The molecule has 98 valence electrons. The van der Waals surface area contributed by atoms with Crippen molar-refractivity contribution >= 4 is 17.4 Å². The number of anilines is 1. The number of H-pyrrole nitrogens is 1. The molecule has 1 heterocycles. The minimum absolute atomic E-state index is 0.0532. The zero-order valence-corrected chi connectivity index (χ0v) is 9.91. The summed E-state index contributed by atoms with van der Waals surface area (Å²) < 4.78 is 4.98. The Labute approximate surface area is 107 Å². The Hall–Kier alpha value is -2.90. The van der Waals surface area contributed by atoms with Crippen molar-refractivity contribution in [3.63, 3.8) is 0 Å². The molecule has 1 amide bonds. The third kappa shape index (κ3) is 2.86. The molecule has 0 bridgehead atoms. The zero-order chi connectivity index (χ0) is 13.8. The molecule has 0 saturated carbocycles. The molecule has 0 saturated heterocycles. The van der Waals surface area contributed by atoms with Gasteiger partial charge in [0.1, 0.15) is 5.75 Å². The Bertz CT molecular complexity index is 605. The fraction of sp³-hybridized carbons (Fsp3) is 0.0909. The lowest BCUT2D eigenvalue weighted by atomic mass is 10.3. The molecule has 0 aliphatic heterocycles. The summed E-state index contributed by atoms with van der Waals surface area (Å²) in [6.07, 6.45) is 0. The summed E-state index contributed by atoms with van der Waals surface area (Å²) in [6, 6.07) is 7.74. The quantitative estimate of drug-likeness (QED) is 0.642. The van der Waals surface area contributed by atoms with E-state index >= 15 is 0 Å².